The largest absolute Gasteiger partial charge is 0.390 e. The van der Waals surface area contributed by atoms with Crippen LogP contribution in [0.4, 0.5) is 13.2 Å². The molecule has 1 aliphatic rings. The fourth-order valence-corrected chi connectivity index (χ4v) is 2.32. The van der Waals surface area contributed by atoms with Gasteiger partial charge in [0.2, 0.25) is 0 Å². The Morgan fingerprint density at radius 1 is 1.39 bits per heavy atom. The van der Waals surface area contributed by atoms with Crippen LogP contribution in [0.1, 0.15) is 43.4 Å². The maximum absolute atomic E-state index is 12.4. The van der Waals surface area contributed by atoms with Crippen molar-refractivity contribution in [2.45, 2.75) is 51.9 Å². The highest BCUT2D eigenvalue weighted by Gasteiger charge is 2.29. The molecule has 1 aliphatic heterocycles. The van der Waals surface area contributed by atoms with E-state index in [1.165, 1.54) is 0 Å². The van der Waals surface area contributed by atoms with E-state index in [1.54, 1.807) is 4.57 Å². The van der Waals surface area contributed by atoms with Gasteiger partial charge in [-0.2, -0.15) is 13.2 Å². The second-order valence-electron chi connectivity index (χ2n) is 4.96. The van der Waals surface area contributed by atoms with Gasteiger partial charge < -0.3 is 9.88 Å². The molecule has 1 aromatic heterocycles. The van der Waals surface area contributed by atoms with Crippen LogP contribution in [0.5, 0.6) is 0 Å². The summed E-state index contributed by atoms with van der Waals surface area (Å²) in [5.74, 6) is 0.914. The molecule has 18 heavy (non-hydrogen) atoms. The van der Waals surface area contributed by atoms with Gasteiger partial charge in [-0.3, -0.25) is 0 Å². The number of nitrogens with zero attached hydrogens (tertiary/aromatic N) is 2. The van der Waals surface area contributed by atoms with Crippen molar-refractivity contribution in [3.05, 3.63) is 17.2 Å². The summed E-state index contributed by atoms with van der Waals surface area (Å²) in [6.07, 6.45) is -4.14. The molecule has 0 saturated carbocycles. The van der Waals surface area contributed by atoms with Crippen molar-refractivity contribution in [3.8, 4) is 0 Å². The van der Waals surface area contributed by atoms with Gasteiger partial charge in [0.05, 0.1) is 12.1 Å². The number of halogens is 3. The summed E-state index contributed by atoms with van der Waals surface area (Å²) in [7, 11) is 0. The third kappa shape index (κ3) is 2.85. The Balaban J connectivity index is 2.28. The van der Waals surface area contributed by atoms with E-state index in [1.807, 2.05) is 13.8 Å². The molecule has 0 aromatic carbocycles. The number of rotatable bonds is 3. The Kier molecular flexibility index (Phi) is 3.66. The lowest BCUT2D eigenvalue weighted by molar-refractivity contribution is -0.136. The summed E-state index contributed by atoms with van der Waals surface area (Å²) in [4.78, 5) is 4.48. The highest BCUT2D eigenvalue weighted by molar-refractivity contribution is 5.21. The van der Waals surface area contributed by atoms with Crippen molar-refractivity contribution >= 4 is 0 Å². The molecule has 0 atom stereocenters. The van der Waals surface area contributed by atoms with Crippen LogP contribution in [0.3, 0.4) is 0 Å². The van der Waals surface area contributed by atoms with Crippen molar-refractivity contribution in [3.63, 3.8) is 0 Å². The van der Waals surface area contributed by atoms with Crippen molar-refractivity contribution in [2.24, 2.45) is 0 Å². The summed E-state index contributed by atoms with van der Waals surface area (Å²) < 4.78 is 38.9. The summed E-state index contributed by atoms with van der Waals surface area (Å²) in [5, 5.41) is 3.19. The van der Waals surface area contributed by atoms with Gasteiger partial charge >= 0.3 is 6.18 Å². The van der Waals surface area contributed by atoms with Gasteiger partial charge in [-0.1, -0.05) is 13.8 Å². The van der Waals surface area contributed by atoms with Crippen molar-refractivity contribution < 1.29 is 13.2 Å². The molecule has 1 N–H and O–H groups in total. The molecule has 1 aromatic rings. The molecule has 0 bridgehead atoms. The number of hydrogen-bond acceptors (Lipinski definition) is 2. The van der Waals surface area contributed by atoms with Crippen LogP contribution in [0.2, 0.25) is 0 Å². The number of nitrogens with one attached hydrogen (secondary N) is 1. The number of fused-ring (bicyclic) bond motifs is 1. The normalized spacial score (nSPS) is 16.1. The maximum Gasteiger partial charge on any atom is 0.390 e. The zero-order valence-electron chi connectivity index (χ0n) is 10.6. The first kappa shape index (κ1) is 13.4. The molecule has 102 valence electrons. The number of imidazole rings is 1. The predicted molar refractivity (Wildman–Crippen MR) is 62.4 cm³/mol. The van der Waals surface area contributed by atoms with Crippen LogP contribution in [0, 0.1) is 0 Å². The van der Waals surface area contributed by atoms with Crippen molar-refractivity contribution in [2.75, 3.05) is 6.54 Å². The van der Waals surface area contributed by atoms with Gasteiger partial charge in [0.1, 0.15) is 5.82 Å². The van der Waals surface area contributed by atoms with Crippen LogP contribution in [-0.2, 0) is 19.5 Å². The molecular formula is C12H18F3N3. The summed E-state index contributed by atoms with van der Waals surface area (Å²) >= 11 is 0. The zero-order valence-corrected chi connectivity index (χ0v) is 10.6. The minimum atomic E-state index is -4.11. The van der Waals surface area contributed by atoms with Gasteiger partial charge in [-0.05, 0) is 0 Å². The average Bonchev–Trinajstić information content (AvgIpc) is 2.64. The lowest BCUT2D eigenvalue weighted by Gasteiger charge is -2.17. The number of aromatic nitrogens is 2. The van der Waals surface area contributed by atoms with Gasteiger partial charge in [0.25, 0.3) is 0 Å². The first-order valence-electron chi connectivity index (χ1n) is 6.24. The quantitative estimate of drug-likeness (QED) is 0.906. The third-order valence-corrected chi connectivity index (χ3v) is 3.15. The summed E-state index contributed by atoms with van der Waals surface area (Å²) in [5.41, 5.74) is 1.88. The van der Waals surface area contributed by atoms with Crippen LogP contribution in [0.25, 0.3) is 0 Å². The Morgan fingerprint density at radius 3 is 2.72 bits per heavy atom. The van der Waals surface area contributed by atoms with Crippen LogP contribution in [-0.4, -0.2) is 22.3 Å². The molecule has 0 aliphatic carbocycles. The fraction of sp³-hybridized carbons (Fsp3) is 0.750. The van der Waals surface area contributed by atoms with Crippen molar-refractivity contribution in [1.29, 1.82) is 0 Å². The van der Waals surface area contributed by atoms with E-state index in [4.69, 9.17) is 0 Å². The lowest BCUT2D eigenvalue weighted by atomic mass is 10.1. The SMILES string of the molecule is CC(C)c1nc2c(n1CCC(F)(F)F)CCNC2. The van der Waals surface area contributed by atoms with E-state index in [0.717, 1.165) is 30.2 Å². The smallest absolute Gasteiger partial charge is 0.331 e. The molecule has 2 rings (SSSR count). The first-order valence-corrected chi connectivity index (χ1v) is 6.24. The molecule has 0 fully saturated rings. The van der Waals surface area contributed by atoms with E-state index >= 15 is 0 Å². The van der Waals surface area contributed by atoms with E-state index in [-0.39, 0.29) is 12.5 Å². The Hall–Kier alpha value is -1.04. The Bertz CT molecular complexity index is 421. The minimum Gasteiger partial charge on any atom is -0.331 e. The van der Waals surface area contributed by atoms with Gasteiger partial charge in [0, 0.05) is 37.7 Å². The molecule has 3 nitrogen and oxygen atoms in total. The fourth-order valence-electron chi connectivity index (χ4n) is 2.32. The maximum atomic E-state index is 12.4. The molecule has 6 heteroatoms. The van der Waals surface area contributed by atoms with E-state index in [2.05, 4.69) is 10.3 Å². The number of hydrogen-bond donors (Lipinski definition) is 1. The van der Waals surface area contributed by atoms with Gasteiger partial charge in [-0.15, -0.1) is 0 Å². The monoisotopic (exact) mass is 261 g/mol. The van der Waals surface area contributed by atoms with Crippen LogP contribution in [0.15, 0.2) is 0 Å². The van der Waals surface area contributed by atoms with E-state index in [0.29, 0.717) is 6.54 Å². The average molecular weight is 261 g/mol. The highest BCUT2D eigenvalue weighted by Crippen LogP contribution is 2.26. The highest BCUT2D eigenvalue weighted by atomic mass is 19.4. The first-order chi connectivity index (χ1) is 8.38. The number of alkyl halides is 3. The van der Waals surface area contributed by atoms with Gasteiger partial charge in [-0.25, -0.2) is 4.98 Å². The predicted octanol–water partition coefficient (Wildman–Crippen LogP) is 2.60. The second kappa shape index (κ2) is 4.91. The standard InChI is InChI=1S/C12H18F3N3/c1-8(2)11-17-9-7-16-5-3-10(9)18(11)6-4-12(13,14)15/h8,16H,3-7H2,1-2H3. The minimum absolute atomic E-state index is 0.0145. The molecular weight excluding hydrogens is 243 g/mol. The Labute approximate surface area is 104 Å². The summed E-state index contributed by atoms with van der Waals surface area (Å²) in [6, 6.07) is 0. The second-order valence-corrected chi connectivity index (χ2v) is 4.96. The molecule has 0 spiro atoms. The molecule has 0 amide bonds. The molecule has 0 radical (unpaired) electrons. The van der Waals surface area contributed by atoms with Gasteiger partial charge in [0.15, 0.2) is 0 Å². The molecule has 2 heterocycles. The topological polar surface area (TPSA) is 29.9 Å². The van der Waals surface area contributed by atoms with E-state index < -0.39 is 12.6 Å². The molecule has 0 unspecified atom stereocenters. The molecule has 0 saturated heterocycles. The third-order valence-electron chi connectivity index (χ3n) is 3.15. The zero-order chi connectivity index (χ0) is 13.3. The van der Waals surface area contributed by atoms with Crippen LogP contribution < -0.4 is 5.32 Å². The van der Waals surface area contributed by atoms with Crippen LogP contribution >= 0.6 is 0 Å². The summed E-state index contributed by atoms with van der Waals surface area (Å²) in [6.45, 7) is 5.38. The Morgan fingerprint density at radius 2 is 2.11 bits per heavy atom. The van der Waals surface area contributed by atoms with E-state index in [9.17, 15) is 13.2 Å². The van der Waals surface area contributed by atoms with Crippen molar-refractivity contribution in [1.82, 2.24) is 14.9 Å². The lowest BCUT2D eigenvalue weighted by Crippen LogP contribution is -2.25.